The lowest BCUT2D eigenvalue weighted by Crippen LogP contribution is -2.37. The fourth-order valence-corrected chi connectivity index (χ4v) is 4.73. The number of thioether (sulfide) groups is 1. The van der Waals surface area contributed by atoms with Gasteiger partial charge in [0.25, 0.3) is 15.9 Å². The summed E-state index contributed by atoms with van der Waals surface area (Å²) < 4.78 is 66.3. The molecule has 0 aliphatic carbocycles. The van der Waals surface area contributed by atoms with Gasteiger partial charge < -0.3 is 0 Å². The van der Waals surface area contributed by atoms with Gasteiger partial charge in [0.1, 0.15) is 0 Å². The van der Waals surface area contributed by atoms with Crippen LogP contribution >= 0.6 is 11.8 Å². The fraction of sp³-hybridized carbons (Fsp3) is 0.0870. The SMILES string of the molecule is Cc1ccc(S(=O)(=O)N(C(=O)C(=CSC(F)(F)F)c2ccccc2)c2ccccc2)cc1. The van der Waals surface area contributed by atoms with E-state index in [4.69, 9.17) is 0 Å². The van der Waals surface area contributed by atoms with Crippen LogP contribution in [0.4, 0.5) is 18.9 Å². The summed E-state index contributed by atoms with van der Waals surface area (Å²) in [5, 5.41) is 0.637. The number of hydrogen-bond donors (Lipinski definition) is 0. The number of para-hydroxylation sites is 1. The molecule has 0 unspecified atom stereocenters. The molecule has 0 atom stereocenters. The van der Waals surface area contributed by atoms with Crippen LogP contribution in [-0.2, 0) is 14.8 Å². The van der Waals surface area contributed by atoms with E-state index >= 15 is 0 Å². The highest BCUT2D eigenvalue weighted by Gasteiger charge is 2.35. The van der Waals surface area contributed by atoms with E-state index < -0.39 is 38.8 Å². The van der Waals surface area contributed by atoms with Gasteiger partial charge in [-0.05, 0) is 53.9 Å². The number of rotatable bonds is 6. The molecule has 0 saturated heterocycles. The smallest absolute Gasteiger partial charge is 0.268 e. The molecule has 0 aliphatic rings. The molecule has 1 amide bonds. The molecule has 32 heavy (non-hydrogen) atoms. The van der Waals surface area contributed by atoms with E-state index in [2.05, 4.69) is 0 Å². The maximum Gasteiger partial charge on any atom is 0.445 e. The summed E-state index contributed by atoms with van der Waals surface area (Å²) in [4.78, 5) is 13.4. The number of hydrogen-bond acceptors (Lipinski definition) is 4. The van der Waals surface area contributed by atoms with Gasteiger partial charge in [0.2, 0.25) is 0 Å². The van der Waals surface area contributed by atoms with Gasteiger partial charge in [-0.3, -0.25) is 4.79 Å². The van der Waals surface area contributed by atoms with Crippen LogP contribution < -0.4 is 4.31 Å². The third-order valence-electron chi connectivity index (χ3n) is 4.36. The van der Waals surface area contributed by atoms with Crippen LogP contribution in [0, 0.1) is 6.92 Å². The Bertz CT molecular complexity index is 1210. The first kappa shape index (κ1) is 23.6. The van der Waals surface area contributed by atoms with Crippen LogP contribution in [0.15, 0.2) is 95.2 Å². The van der Waals surface area contributed by atoms with Gasteiger partial charge in [-0.1, -0.05) is 66.2 Å². The molecule has 0 aromatic heterocycles. The Morgan fingerprint density at radius 3 is 1.94 bits per heavy atom. The lowest BCUT2D eigenvalue weighted by Gasteiger charge is -2.24. The molecule has 0 spiro atoms. The van der Waals surface area contributed by atoms with Crippen LogP contribution in [0.2, 0.25) is 0 Å². The number of alkyl halides is 3. The summed E-state index contributed by atoms with van der Waals surface area (Å²) >= 11 is -0.519. The quantitative estimate of drug-likeness (QED) is 0.408. The first-order valence-corrected chi connectivity index (χ1v) is 11.6. The number of benzene rings is 3. The summed E-state index contributed by atoms with van der Waals surface area (Å²) in [7, 11) is -4.42. The predicted octanol–water partition coefficient (Wildman–Crippen LogP) is 6.01. The Labute approximate surface area is 188 Å². The standard InChI is InChI=1S/C23H18F3NO3S2/c1-17-12-14-20(15-13-17)32(29,30)27(19-10-6-3-7-11-19)22(28)21(16-31-23(24,25)26)18-8-4-2-5-9-18/h2-16H,1H3. The lowest BCUT2D eigenvalue weighted by atomic mass is 10.1. The predicted molar refractivity (Wildman–Crippen MR) is 120 cm³/mol. The van der Waals surface area contributed by atoms with E-state index in [1.165, 1.54) is 48.5 Å². The second kappa shape index (κ2) is 9.62. The monoisotopic (exact) mass is 477 g/mol. The number of aryl methyl sites for hydroxylation is 1. The molecule has 0 bridgehead atoms. The van der Waals surface area contributed by atoms with Gasteiger partial charge >= 0.3 is 5.51 Å². The Hall–Kier alpha value is -3.04. The third kappa shape index (κ3) is 5.60. The van der Waals surface area contributed by atoms with Crippen molar-refractivity contribution in [3.8, 4) is 0 Å². The minimum Gasteiger partial charge on any atom is -0.268 e. The van der Waals surface area contributed by atoms with Gasteiger partial charge in [0.05, 0.1) is 16.2 Å². The van der Waals surface area contributed by atoms with E-state index in [9.17, 15) is 26.4 Å². The maximum absolute atomic E-state index is 13.5. The normalized spacial score (nSPS) is 12.4. The average Bonchev–Trinajstić information content (AvgIpc) is 2.75. The minimum absolute atomic E-state index is 0.0110. The first-order chi connectivity index (χ1) is 15.1. The van der Waals surface area contributed by atoms with Crippen molar-refractivity contribution >= 4 is 39.0 Å². The zero-order valence-corrected chi connectivity index (χ0v) is 18.4. The van der Waals surface area contributed by atoms with E-state index in [0.717, 1.165) is 5.56 Å². The molecule has 0 aliphatic heterocycles. The van der Waals surface area contributed by atoms with Crippen molar-refractivity contribution < 1.29 is 26.4 Å². The topological polar surface area (TPSA) is 54.5 Å². The molecule has 0 fully saturated rings. The zero-order valence-electron chi connectivity index (χ0n) is 16.8. The number of carbonyl (C=O) groups is 1. The highest BCUT2D eigenvalue weighted by molar-refractivity contribution is 8.03. The van der Waals surface area contributed by atoms with E-state index in [-0.39, 0.29) is 16.1 Å². The largest absolute Gasteiger partial charge is 0.445 e. The van der Waals surface area contributed by atoms with Crippen molar-refractivity contribution in [2.75, 3.05) is 4.31 Å². The van der Waals surface area contributed by atoms with Crippen molar-refractivity contribution in [3.05, 3.63) is 101 Å². The highest BCUT2D eigenvalue weighted by Crippen LogP contribution is 2.35. The third-order valence-corrected chi connectivity index (χ3v) is 6.71. The van der Waals surface area contributed by atoms with Crippen molar-refractivity contribution in [3.63, 3.8) is 0 Å². The number of carbonyl (C=O) groups excluding carboxylic acids is 1. The molecule has 3 aromatic rings. The van der Waals surface area contributed by atoms with Crippen molar-refractivity contribution in [2.45, 2.75) is 17.3 Å². The molecule has 9 heteroatoms. The van der Waals surface area contributed by atoms with E-state index in [1.54, 1.807) is 43.3 Å². The summed E-state index contributed by atoms with van der Waals surface area (Å²) in [6, 6.07) is 21.0. The Morgan fingerprint density at radius 1 is 0.875 bits per heavy atom. The Balaban J connectivity index is 2.18. The molecule has 3 aromatic carbocycles. The zero-order chi connectivity index (χ0) is 23.4. The Kier molecular flexibility index (Phi) is 7.10. The van der Waals surface area contributed by atoms with Crippen molar-refractivity contribution in [2.24, 2.45) is 0 Å². The van der Waals surface area contributed by atoms with Crippen LogP contribution in [0.1, 0.15) is 11.1 Å². The van der Waals surface area contributed by atoms with Crippen LogP contribution in [0.25, 0.3) is 5.57 Å². The maximum atomic E-state index is 13.5. The van der Waals surface area contributed by atoms with Gasteiger partial charge in [0, 0.05) is 0 Å². The number of sulfonamides is 1. The molecular formula is C23H18F3NO3S2. The van der Waals surface area contributed by atoms with Crippen molar-refractivity contribution in [1.29, 1.82) is 0 Å². The number of amides is 1. The molecule has 166 valence electrons. The molecule has 0 heterocycles. The minimum atomic E-state index is -4.65. The van der Waals surface area contributed by atoms with E-state index in [1.807, 2.05) is 0 Å². The molecule has 0 N–H and O–H groups in total. The molecule has 0 radical (unpaired) electrons. The van der Waals surface area contributed by atoms with Crippen LogP contribution in [-0.4, -0.2) is 19.8 Å². The summed E-state index contributed by atoms with van der Waals surface area (Å²) in [6.07, 6.45) is 0. The highest BCUT2D eigenvalue weighted by atomic mass is 32.2. The summed E-state index contributed by atoms with van der Waals surface area (Å²) in [5.41, 5.74) is -4.06. The second-order valence-electron chi connectivity index (χ2n) is 6.68. The number of nitrogens with zero attached hydrogens (tertiary/aromatic N) is 1. The molecular weight excluding hydrogens is 459 g/mol. The van der Waals surface area contributed by atoms with Gasteiger partial charge in [-0.25, -0.2) is 8.42 Å². The molecule has 0 saturated carbocycles. The molecule has 3 rings (SSSR count). The Morgan fingerprint density at radius 2 is 1.41 bits per heavy atom. The van der Waals surface area contributed by atoms with Crippen LogP contribution in [0.3, 0.4) is 0 Å². The van der Waals surface area contributed by atoms with Gasteiger partial charge in [0.15, 0.2) is 0 Å². The summed E-state index contributed by atoms with van der Waals surface area (Å²) in [6.45, 7) is 1.78. The van der Waals surface area contributed by atoms with Gasteiger partial charge in [-0.2, -0.15) is 17.5 Å². The van der Waals surface area contributed by atoms with Crippen molar-refractivity contribution in [1.82, 2.24) is 0 Å². The van der Waals surface area contributed by atoms with Gasteiger partial charge in [-0.15, -0.1) is 0 Å². The summed E-state index contributed by atoms with van der Waals surface area (Å²) in [5.74, 6) is -1.10. The van der Waals surface area contributed by atoms with E-state index in [0.29, 0.717) is 9.71 Å². The second-order valence-corrected chi connectivity index (χ2v) is 9.41. The van der Waals surface area contributed by atoms with Crippen LogP contribution in [0.5, 0.6) is 0 Å². The fourth-order valence-electron chi connectivity index (χ4n) is 2.84. The lowest BCUT2D eigenvalue weighted by molar-refractivity contribution is -0.112. The number of halogens is 3. The first-order valence-electron chi connectivity index (χ1n) is 9.31. The molecule has 4 nitrogen and oxygen atoms in total. The number of anilines is 1. The average molecular weight is 478 g/mol.